The number of carbonyl (C=O) groups is 1. The molecule has 0 atom stereocenters. The third-order valence-corrected chi connectivity index (χ3v) is 2.45. The third-order valence-electron chi connectivity index (χ3n) is 2.13. The molecule has 19 heavy (non-hydrogen) atoms. The summed E-state index contributed by atoms with van der Waals surface area (Å²) in [6, 6.07) is 7.61. The van der Waals surface area contributed by atoms with E-state index in [1.807, 2.05) is 45.0 Å². The highest BCUT2D eigenvalue weighted by atomic mass is 79.9. The minimum Gasteiger partial charge on any atom is -0.492 e. The molecule has 0 saturated carbocycles. The zero-order valence-electron chi connectivity index (χ0n) is 11.5. The number of alkyl halides is 1. The van der Waals surface area contributed by atoms with Crippen LogP contribution in [0, 0.1) is 0 Å². The topological polar surface area (TPSA) is 47.6 Å². The minimum absolute atomic E-state index is 0.382. The lowest BCUT2D eigenvalue weighted by Gasteiger charge is -2.20. The molecule has 0 aromatic heterocycles. The van der Waals surface area contributed by atoms with Crippen LogP contribution in [0.2, 0.25) is 0 Å². The lowest BCUT2D eigenvalue weighted by Crippen LogP contribution is -2.32. The predicted molar refractivity (Wildman–Crippen MR) is 78.8 cm³/mol. The second kappa shape index (κ2) is 7.38. The number of carbonyl (C=O) groups excluding carboxylic acids is 1. The highest BCUT2D eigenvalue weighted by molar-refractivity contribution is 9.09. The summed E-state index contributed by atoms with van der Waals surface area (Å²) < 4.78 is 10.8. The fourth-order valence-electron chi connectivity index (χ4n) is 1.42. The summed E-state index contributed by atoms with van der Waals surface area (Å²) in [7, 11) is 0. The van der Waals surface area contributed by atoms with E-state index in [9.17, 15) is 4.79 Å². The van der Waals surface area contributed by atoms with E-state index in [1.54, 1.807) is 0 Å². The molecule has 1 amide bonds. The van der Waals surface area contributed by atoms with Gasteiger partial charge < -0.3 is 14.8 Å². The molecule has 0 saturated heterocycles. The van der Waals surface area contributed by atoms with E-state index in [4.69, 9.17) is 9.47 Å². The van der Waals surface area contributed by atoms with Gasteiger partial charge in [0.1, 0.15) is 11.4 Å². The standard InChI is InChI=1S/C14H20BrNO3/c1-14(2,3)19-13(17)16-10-11-6-4-5-7-12(11)18-9-8-15/h4-7H,8-10H2,1-3H3,(H,16,17). The summed E-state index contributed by atoms with van der Waals surface area (Å²) in [6.07, 6.45) is -0.428. The monoisotopic (exact) mass is 329 g/mol. The van der Waals surface area contributed by atoms with E-state index >= 15 is 0 Å². The second-order valence-corrected chi connectivity index (χ2v) is 5.79. The summed E-state index contributed by atoms with van der Waals surface area (Å²) in [5.74, 6) is 0.776. The average molecular weight is 330 g/mol. The number of nitrogens with one attached hydrogen (secondary N) is 1. The number of hydrogen-bond acceptors (Lipinski definition) is 3. The number of para-hydroxylation sites is 1. The van der Waals surface area contributed by atoms with Crippen LogP contribution < -0.4 is 10.1 Å². The lowest BCUT2D eigenvalue weighted by atomic mass is 10.2. The lowest BCUT2D eigenvalue weighted by molar-refractivity contribution is 0.0523. The van der Waals surface area contributed by atoms with Gasteiger partial charge in [-0.15, -0.1) is 0 Å². The molecule has 0 aliphatic carbocycles. The quantitative estimate of drug-likeness (QED) is 0.841. The summed E-state index contributed by atoms with van der Waals surface area (Å²) in [5, 5.41) is 3.48. The Kier molecular flexibility index (Phi) is 6.15. The molecule has 0 heterocycles. The van der Waals surface area contributed by atoms with Crippen LogP contribution in [0.15, 0.2) is 24.3 Å². The van der Waals surface area contributed by atoms with Gasteiger partial charge in [-0.25, -0.2) is 4.79 Å². The van der Waals surface area contributed by atoms with Crippen molar-refractivity contribution in [3.63, 3.8) is 0 Å². The first kappa shape index (κ1) is 15.8. The molecule has 0 bridgehead atoms. The van der Waals surface area contributed by atoms with Gasteiger partial charge in [-0.2, -0.15) is 0 Å². The zero-order chi connectivity index (χ0) is 14.3. The van der Waals surface area contributed by atoms with Crippen LogP contribution >= 0.6 is 15.9 Å². The predicted octanol–water partition coefficient (Wildman–Crippen LogP) is 3.49. The van der Waals surface area contributed by atoms with Gasteiger partial charge in [-0.1, -0.05) is 34.1 Å². The Morgan fingerprint density at radius 2 is 2.00 bits per heavy atom. The first-order valence-electron chi connectivity index (χ1n) is 6.16. The minimum atomic E-state index is -0.490. The largest absolute Gasteiger partial charge is 0.492 e. The SMILES string of the molecule is CC(C)(C)OC(=O)NCc1ccccc1OCCBr. The van der Waals surface area contributed by atoms with Crippen molar-refractivity contribution < 1.29 is 14.3 Å². The number of ether oxygens (including phenoxy) is 2. The fraction of sp³-hybridized carbons (Fsp3) is 0.500. The van der Waals surface area contributed by atoms with Gasteiger partial charge in [-0.05, 0) is 26.8 Å². The van der Waals surface area contributed by atoms with E-state index in [0.717, 1.165) is 16.6 Å². The van der Waals surface area contributed by atoms with Crippen molar-refractivity contribution in [2.75, 3.05) is 11.9 Å². The van der Waals surface area contributed by atoms with Crippen LogP contribution in [0.5, 0.6) is 5.75 Å². The first-order chi connectivity index (χ1) is 8.92. The number of rotatable bonds is 5. The summed E-state index contributed by atoms with van der Waals surface area (Å²) >= 11 is 3.31. The van der Waals surface area contributed by atoms with E-state index < -0.39 is 11.7 Å². The van der Waals surface area contributed by atoms with Gasteiger partial charge in [0, 0.05) is 17.4 Å². The van der Waals surface area contributed by atoms with Crippen LogP contribution in [0.3, 0.4) is 0 Å². The van der Waals surface area contributed by atoms with Crippen LogP contribution in [-0.2, 0) is 11.3 Å². The maximum Gasteiger partial charge on any atom is 0.407 e. The number of benzene rings is 1. The Balaban J connectivity index is 2.55. The summed E-state index contributed by atoms with van der Waals surface area (Å²) in [5.41, 5.74) is 0.435. The molecule has 0 aliphatic heterocycles. The molecule has 4 nitrogen and oxygen atoms in total. The molecule has 0 spiro atoms. The van der Waals surface area contributed by atoms with Crippen LogP contribution in [0.4, 0.5) is 4.79 Å². The molecule has 0 fully saturated rings. The first-order valence-corrected chi connectivity index (χ1v) is 7.28. The van der Waals surface area contributed by atoms with E-state index in [0.29, 0.717) is 13.2 Å². The molecule has 1 rings (SSSR count). The second-order valence-electron chi connectivity index (χ2n) is 5.00. The normalized spacial score (nSPS) is 10.9. The molecule has 0 aliphatic rings. The van der Waals surface area contributed by atoms with Crippen LogP contribution in [-0.4, -0.2) is 23.6 Å². The Morgan fingerprint density at radius 3 is 2.63 bits per heavy atom. The van der Waals surface area contributed by atoms with Crippen molar-refractivity contribution >= 4 is 22.0 Å². The molecule has 1 aromatic carbocycles. The summed E-state index contributed by atoms with van der Waals surface area (Å²) in [4.78, 5) is 11.6. The number of alkyl carbamates (subject to hydrolysis) is 1. The Hall–Kier alpha value is -1.23. The molecule has 5 heteroatoms. The maximum absolute atomic E-state index is 11.6. The van der Waals surface area contributed by atoms with Gasteiger partial charge >= 0.3 is 6.09 Å². The molecule has 1 N–H and O–H groups in total. The Bertz CT molecular complexity index is 415. The highest BCUT2D eigenvalue weighted by Gasteiger charge is 2.16. The molecular weight excluding hydrogens is 310 g/mol. The molecular formula is C14H20BrNO3. The summed E-state index contributed by atoms with van der Waals surface area (Å²) in [6.45, 7) is 6.47. The smallest absolute Gasteiger partial charge is 0.407 e. The Labute approximate surface area is 122 Å². The molecule has 0 unspecified atom stereocenters. The van der Waals surface area contributed by atoms with Crippen molar-refractivity contribution in [3.05, 3.63) is 29.8 Å². The van der Waals surface area contributed by atoms with E-state index in [2.05, 4.69) is 21.2 Å². The van der Waals surface area contributed by atoms with Crippen molar-refractivity contribution in [2.24, 2.45) is 0 Å². The van der Waals surface area contributed by atoms with Gasteiger partial charge in [0.2, 0.25) is 0 Å². The molecule has 106 valence electrons. The maximum atomic E-state index is 11.6. The Morgan fingerprint density at radius 1 is 1.32 bits per heavy atom. The van der Waals surface area contributed by atoms with Crippen molar-refractivity contribution in [1.82, 2.24) is 5.32 Å². The zero-order valence-corrected chi connectivity index (χ0v) is 13.1. The van der Waals surface area contributed by atoms with E-state index in [-0.39, 0.29) is 0 Å². The van der Waals surface area contributed by atoms with Crippen LogP contribution in [0.1, 0.15) is 26.3 Å². The number of halogens is 1. The number of hydrogen-bond donors (Lipinski definition) is 1. The van der Waals surface area contributed by atoms with Gasteiger partial charge in [0.15, 0.2) is 0 Å². The third kappa shape index (κ3) is 6.47. The van der Waals surface area contributed by atoms with Crippen LogP contribution in [0.25, 0.3) is 0 Å². The van der Waals surface area contributed by atoms with Crippen molar-refractivity contribution in [2.45, 2.75) is 32.9 Å². The number of amides is 1. The molecule has 1 aromatic rings. The highest BCUT2D eigenvalue weighted by Crippen LogP contribution is 2.18. The van der Waals surface area contributed by atoms with Gasteiger partial charge in [-0.3, -0.25) is 0 Å². The van der Waals surface area contributed by atoms with Gasteiger partial charge in [0.05, 0.1) is 6.61 Å². The average Bonchev–Trinajstić information content (AvgIpc) is 2.32. The fourth-order valence-corrected chi connectivity index (χ4v) is 1.58. The van der Waals surface area contributed by atoms with E-state index in [1.165, 1.54) is 0 Å². The van der Waals surface area contributed by atoms with Crippen molar-refractivity contribution in [3.8, 4) is 5.75 Å². The molecule has 0 radical (unpaired) electrons. The van der Waals surface area contributed by atoms with Gasteiger partial charge in [0.25, 0.3) is 0 Å². The van der Waals surface area contributed by atoms with Crippen molar-refractivity contribution in [1.29, 1.82) is 0 Å².